The molecule has 0 unspecified atom stereocenters. The van der Waals surface area contributed by atoms with Crippen LogP contribution in [0.15, 0.2) is 53.6 Å². The SMILES string of the molecule is CCn1cc(NC(=O)c2ccc(-n3ncc(C#N)c3N)cc2)ccc1=O. The van der Waals surface area contributed by atoms with Crippen molar-refractivity contribution in [2.75, 3.05) is 11.1 Å². The highest BCUT2D eigenvalue weighted by Crippen LogP contribution is 2.17. The lowest BCUT2D eigenvalue weighted by Gasteiger charge is -2.09. The zero-order valence-electron chi connectivity index (χ0n) is 14.0. The lowest BCUT2D eigenvalue weighted by Crippen LogP contribution is -2.19. The number of rotatable bonds is 4. The van der Waals surface area contributed by atoms with Crippen LogP contribution in [0.4, 0.5) is 11.5 Å². The maximum absolute atomic E-state index is 12.4. The second-order valence-electron chi connectivity index (χ2n) is 5.51. The van der Waals surface area contributed by atoms with Gasteiger partial charge in [0.05, 0.1) is 17.6 Å². The number of nitrogens with one attached hydrogen (secondary N) is 1. The van der Waals surface area contributed by atoms with Crippen LogP contribution in [0.1, 0.15) is 22.8 Å². The topological polar surface area (TPSA) is 119 Å². The molecule has 0 fully saturated rings. The summed E-state index contributed by atoms with van der Waals surface area (Å²) in [4.78, 5) is 24.0. The molecular weight excluding hydrogens is 332 g/mol. The fourth-order valence-electron chi connectivity index (χ4n) is 2.46. The molecule has 8 heteroatoms. The molecule has 2 heterocycles. The van der Waals surface area contributed by atoms with Crippen molar-refractivity contribution in [2.24, 2.45) is 0 Å². The molecule has 0 spiro atoms. The molecule has 0 bridgehead atoms. The van der Waals surface area contributed by atoms with Crippen molar-refractivity contribution in [1.82, 2.24) is 14.3 Å². The van der Waals surface area contributed by atoms with Crippen LogP contribution in [0.2, 0.25) is 0 Å². The van der Waals surface area contributed by atoms with E-state index in [1.165, 1.54) is 21.5 Å². The first-order chi connectivity index (χ1) is 12.5. The number of nitrogen functional groups attached to an aromatic ring is 1. The van der Waals surface area contributed by atoms with Gasteiger partial charge in [0, 0.05) is 24.4 Å². The normalized spacial score (nSPS) is 10.3. The Kier molecular flexibility index (Phi) is 4.53. The Bertz CT molecular complexity index is 1060. The number of hydrogen-bond acceptors (Lipinski definition) is 5. The van der Waals surface area contributed by atoms with Crippen LogP contribution in [-0.4, -0.2) is 20.3 Å². The van der Waals surface area contributed by atoms with E-state index in [1.807, 2.05) is 13.0 Å². The van der Waals surface area contributed by atoms with Crippen LogP contribution in [-0.2, 0) is 6.54 Å². The predicted octanol–water partition coefficient (Wildman–Crippen LogP) is 1.76. The minimum absolute atomic E-state index is 0.122. The quantitative estimate of drug-likeness (QED) is 0.744. The Morgan fingerprint density at radius 2 is 2.00 bits per heavy atom. The highest BCUT2D eigenvalue weighted by atomic mass is 16.1. The Labute approximate surface area is 149 Å². The zero-order valence-corrected chi connectivity index (χ0v) is 14.0. The molecule has 26 heavy (non-hydrogen) atoms. The lowest BCUT2D eigenvalue weighted by molar-refractivity contribution is 0.102. The molecule has 0 aliphatic heterocycles. The van der Waals surface area contributed by atoms with E-state index < -0.39 is 0 Å². The van der Waals surface area contributed by atoms with Crippen molar-refractivity contribution in [3.63, 3.8) is 0 Å². The van der Waals surface area contributed by atoms with Crippen molar-refractivity contribution in [3.8, 4) is 11.8 Å². The summed E-state index contributed by atoms with van der Waals surface area (Å²) in [5.74, 6) is -0.0597. The minimum Gasteiger partial charge on any atom is -0.382 e. The molecule has 0 radical (unpaired) electrons. The van der Waals surface area contributed by atoms with Gasteiger partial charge in [-0.05, 0) is 37.3 Å². The summed E-state index contributed by atoms with van der Waals surface area (Å²) in [6.45, 7) is 2.37. The maximum atomic E-state index is 12.4. The number of nitrogens with zero attached hydrogens (tertiary/aromatic N) is 4. The second kappa shape index (κ2) is 6.94. The lowest BCUT2D eigenvalue weighted by atomic mass is 10.2. The first-order valence-electron chi connectivity index (χ1n) is 7.89. The van der Waals surface area contributed by atoms with E-state index in [0.717, 1.165) is 0 Å². The van der Waals surface area contributed by atoms with Crippen LogP contribution < -0.4 is 16.6 Å². The van der Waals surface area contributed by atoms with E-state index in [0.29, 0.717) is 23.5 Å². The molecule has 8 nitrogen and oxygen atoms in total. The average molecular weight is 348 g/mol. The summed E-state index contributed by atoms with van der Waals surface area (Å²) in [5.41, 5.74) is 7.64. The van der Waals surface area contributed by atoms with Gasteiger partial charge in [0.2, 0.25) is 0 Å². The summed E-state index contributed by atoms with van der Waals surface area (Å²) in [6.07, 6.45) is 2.99. The minimum atomic E-state index is -0.302. The fourth-order valence-corrected chi connectivity index (χ4v) is 2.46. The number of aryl methyl sites for hydroxylation is 1. The van der Waals surface area contributed by atoms with E-state index in [1.54, 1.807) is 36.5 Å². The molecule has 1 aromatic carbocycles. The molecule has 1 amide bonds. The third-order valence-electron chi connectivity index (χ3n) is 3.88. The molecule has 0 aliphatic rings. The third kappa shape index (κ3) is 3.18. The Hall–Kier alpha value is -3.86. The highest BCUT2D eigenvalue weighted by molar-refractivity contribution is 6.04. The van der Waals surface area contributed by atoms with Crippen molar-refractivity contribution >= 4 is 17.4 Å². The van der Waals surface area contributed by atoms with Crippen molar-refractivity contribution in [1.29, 1.82) is 5.26 Å². The molecular formula is C18H16N6O2. The Morgan fingerprint density at radius 1 is 1.27 bits per heavy atom. The van der Waals surface area contributed by atoms with Gasteiger partial charge in [-0.3, -0.25) is 9.59 Å². The molecule has 3 aromatic rings. The van der Waals surface area contributed by atoms with Gasteiger partial charge in [-0.25, -0.2) is 4.68 Å². The zero-order chi connectivity index (χ0) is 18.7. The number of anilines is 2. The van der Waals surface area contributed by atoms with Gasteiger partial charge in [0.1, 0.15) is 17.5 Å². The van der Waals surface area contributed by atoms with E-state index >= 15 is 0 Å². The van der Waals surface area contributed by atoms with Gasteiger partial charge in [-0.2, -0.15) is 10.4 Å². The fraction of sp³-hybridized carbons (Fsp3) is 0.111. The van der Waals surface area contributed by atoms with Gasteiger partial charge in [-0.1, -0.05) is 0 Å². The maximum Gasteiger partial charge on any atom is 0.255 e. The number of carbonyl (C=O) groups excluding carboxylic acids is 1. The van der Waals surface area contributed by atoms with Crippen molar-refractivity contribution < 1.29 is 4.79 Å². The van der Waals surface area contributed by atoms with Crippen LogP contribution in [0.3, 0.4) is 0 Å². The van der Waals surface area contributed by atoms with Crippen LogP contribution >= 0.6 is 0 Å². The smallest absolute Gasteiger partial charge is 0.255 e. The largest absolute Gasteiger partial charge is 0.382 e. The number of nitrogens with two attached hydrogens (primary N) is 1. The monoisotopic (exact) mass is 348 g/mol. The molecule has 3 N–H and O–H groups in total. The second-order valence-corrected chi connectivity index (χ2v) is 5.51. The molecule has 130 valence electrons. The van der Waals surface area contributed by atoms with Gasteiger partial charge in [-0.15, -0.1) is 0 Å². The molecule has 3 rings (SSSR count). The summed E-state index contributed by atoms with van der Waals surface area (Å²) in [6, 6.07) is 11.6. The number of amides is 1. The van der Waals surface area contributed by atoms with Crippen LogP contribution in [0, 0.1) is 11.3 Å². The number of hydrogen-bond donors (Lipinski definition) is 2. The number of benzene rings is 1. The Morgan fingerprint density at radius 3 is 2.62 bits per heavy atom. The molecule has 2 aromatic heterocycles. The molecule has 0 saturated heterocycles. The molecule has 0 aliphatic carbocycles. The van der Waals surface area contributed by atoms with E-state index in [4.69, 9.17) is 11.0 Å². The van der Waals surface area contributed by atoms with Crippen molar-refractivity contribution in [3.05, 3.63) is 70.3 Å². The van der Waals surface area contributed by atoms with Crippen LogP contribution in [0.5, 0.6) is 0 Å². The van der Waals surface area contributed by atoms with E-state index in [2.05, 4.69) is 10.4 Å². The summed E-state index contributed by atoms with van der Waals surface area (Å²) in [7, 11) is 0. The van der Waals surface area contributed by atoms with Crippen LogP contribution in [0.25, 0.3) is 5.69 Å². The van der Waals surface area contributed by atoms with Gasteiger partial charge in [0.25, 0.3) is 11.5 Å². The summed E-state index contributed by atoms with van der Waals surface area (Å²) < 4.78 is 2.93. The van der Waals surface area contributed by atoms with Crippen molar-refractivity contribution in [2.45, 2.75) is 13.5 Å². The van der Waals surface area contributed by atoms with Gasteiger partial charge < -0.3 is 15.6 Å². The number of pyridine rings is 1. The van der Waals surface area contributed by atoms with E-state index in [9.17, 15) is 9.59 Å². The number of aromatic nitrogens is 3. The number of carbonyl (C=O) groups is 1. The molecule has 0 atom stereocenters. The predicted molar refractivity (Wildman–Crippen MR) is 97.0 cm³/mol. The highest BCUT2D eigenvalue weighted by Gasteiger charge is 2.11. The summed E-state index contributed by atoms with van der Waals surface area (Å²) in [5, 5.41) is 15.8. The van der Waals surface area contributed by atoms with E-state index in [-0.39, 0.29) is 22.8 Å². The molecule has 0 saturated carbocycles. The number of nitriles is 1. The van der Waals surface area contributed by atoms with Gasteiger partial charge >= 0.3 is 0 Å². The average Bonchev–Trinajstić information content (AvgIpc) is 3.04. The Balaban J connectivity index is 1.80. The standard InChI is InChI=1S/C18H16N6O2/c1-2-23-11-14(5-8-16(23)25)22-18(26)12-3-6-15(7-4-12)24-17(20)13(9-19)10-21-24/h3-8,10-11H,2,20H2,1H3,(H,22,26). The van der Waals surface area contributed by atoms with Gasteiger partial charge in [0.15, 0.2) is 0 Å². The summed E-state index contributed by atoms with van der Waals surface area (Å²) >= 11 is 0. The first-order valence-corrected chi connectivity index (χ1v) is 7.89. The first kappa shape index (κ1) is 17.0. The third-order valence-corrected chi connectivity index (χ3v) is 3.88.